The van der Waals surface area contributed by atoms with Crippen molar-refractivity contribution in [1.29, 1.82) is 0 Å². The summed E-state index contributed by atoms with van der Waals surface area (Å²) in [6.45, 7) is 2.62. The van der Waals surface area contributed by atoms with Gasteiger partial charge in [0, 0.05) is 0 Å². The number of likely N-dealkylation sites (tertiary alicyclic amines) is 1. The molecule has 1 fully saturated rings. The number of hydrogen-bond donors (Lipinski definition) is 0. The van der Waals surface area contributed by atoms with Gasteiger partial charge in [-0.3, -0.25) is 4.48 Å². The number of nitrogens with zero attached hydrogens (tertiary/aromatic N) is 1. The van der Waals surface area contributed by atoms with Crippen molar-refractivity contribution in [3.63, 3.8) is 0 Å². The molecule has 0 spiro atoms. The highest BCUT2D eigenvalue weighted by molar-refractivity contribution is 5.41. The molecule has 1 nitrogen and oxygen atoms in total. The van der Waals surface area contributed by atoms with E-state index in [9.17, 15) is 0 Å². The number of piperidine rings is 1. The average Bonchev–Trinajstić information content (AvgIpc) is 2.20. The van der Waals surface area contributed by atoms with Gasteiger partial charge in [0.05, 0.1) is 20.1 Å². The van der Waals surface area contributed by atoms with Crippen LogP contribution in [-0.2, 0) is 0 Å². The molecule has 0 unspecified atom stereocenters. The number of rotatable bonds is 1. The van der Waals surface area contributed by atoms with Gasteiger partial charge in [0.1, 0.15) is 5.69 Å². The van der Waals surface area contributed by atoms with Gasteiger partial charge in [0.15, 0.2) is 0 Å². The number of benzene rings is 1. The Hall–Kier alpha value is -0.0900. The quantitative estimate of drug-likeness (QED) is 0.498. The van der Waals surface area contributed by atoms with Crippen LogP contribution in [-0.4, -0.2) is 20.1 Å². The zero-order valence-electron chi connectivity index (χ0n) is 8.75. The predicted octanol–water partition coefficient (Wildman–Crippen LogP) is -0.188. The fourth-order valence-electron chi connectivity index (χ4n) is 2.26. The van der Waals surface area contributed by atoms with E-state index in [-0.39, 0.29) is 24.0 Å². The molecule has 0 bridgehead atoms. The van der Waals surface area contributed by atoms with Crippen LogP contribution < -0.4 is 28.5 Å². The highest BCUT2D eigenvalue weighted by Gasteiger charge is 2.26. The van der Waals surface area contributed by atoms with Gasteiger partial charge in [-0.2, -0.15) is 0 Å². The molecule has 0 atom stereocenters. The molecule has 2 rings (SSSR count). The first kappa shape index (κ1) is 12.0. The molecule has 1 aromatic rings. The first-order chi connectivity index (χ1) is 6.31. The van der Waals surface area contributed by atoms with E-state index in [1.807, 2.05) is 0 Å². The Morgan fingerprint density at radius 1 is 0.929 bits per heavy atom. The van der Waals surface area contributed by atoms with Crippen molar-refractivity contribution in [2.45, 2.75) is 19.3 Å². The number of para-hydroxylation sites is 1. The van der Waals surface area contributed by atoms with E-state index in [0.717, 1.165) is 4.48 Å². The Labute approximate surface area is 104 Å². The lowest BCUT2D eigenvalue weighted by atomic mass is 10.1. The van der Waals surface area contributed by atoms with Crippen LogP contribution in [0.2, 0.25) is 0 Å². The smallest absolute Gasteiger partial charge is 0.132 e. The largest absolute Gasteiger partial charge is 1.00 e. The van der Waals surface area contributed by atoms with Gasteiger partial charge in [-0.15, -0.1) is 0 Å². The van der Waals surface area contributed by atoms with Gasteiger partial charge in [0.2, 0.25) is 0 Å². The topological polar surface area (TPSA) is 0 Å². The first-order valence-corrected chi connectivity index (χ1v) is 5.21. The maximum atomic E-state index is 2.36. The Morgan fingerprint density at radius 2 is 1.50 bits per heavy atom. The van der Waals surface area contributed by atoms with E-state index in [0.29, 0.717) is 0 Å². The van der Waals surface area contributed by atoms with Crippen molar-refractivity contribution in [2.24, 2.45) is 0 Å². The lowest BCUT2D eigenvalue weighted by Crippen LogP contribution is -3.00. The van der Waals surface area contributed by atoms with Crippen molar-refractivity contribution in [2.75, 3.05) is 20.1 Å². The fraction of sp³-hybridized carbons (Fsp3) is 0.500. The average molecular weight is 303 g/mol. The number of halogens is 1. The predicted molar refractivity (Wildman–Crippen MR) is 57.7 cm³/mol. The minimum atomic E-state index is 0. The molecule has 1 saturated heterocycles. The maximum Gasteiger partial charge on any atom is 0.132 e. The van der Waals surface area contributed by atoms with Gasteiger partial charge in [-0.25, -0.2) is 0 Å². The molecular weight excluding hydrogens is 285 g/mol. The van der Waals surface area contributed by atoms with Gasteiger partial charge in [0.25, 0.3) is 0 Å². The Morgan fingerprint density at radius 3 is 2.07 bits per heavy atom. The fourth-order valence-corrected chi connectivity index (χ4v) is 2.26. The van der Waals surface area contributed by atoms with Crippen molar-refractivity contribution in [3.05, 3.63) is 30.3 Å². The molecule has 0 aromatic heterocycles. The molecule has 0 radical (unpaired) electrons. The van der Waals surface area contributed by atoms with E-state index < -0.39 is 0 Å². The summed E-state index contributed by atoms with van der Waals surface area (Å²) in [6.07, 6.45) is 4.18. The monoisotopic (exact) mass is 303 g/mol. The van der Waals surface area contributed by atoms with Crippen molar-refractivity contribution in [3.8, 4) is 0 Å². The zero-order chi connectivity index (χ0) is 9.15. The summed E-state index contributed by atoms with van der Waals surface area (Å²) in [5.74, 6) is 0. The third kappa shape index (κ3) is 2.48. The highest BCUT2D eigenvalue weighted by Crippen LogP contribution is 2.25. The zero-order valence-corrected chi connectivity index (χ0v) is 10.9. The van der Waals surface area contributed by atoms with Crippen molar-refractivity contribution >= 4 is 5.69 Å². The van der Waals surface area contributed by atoms with Crippen LogP contribution in [0.4, 0.5) is 5.69 Å². The molecule has 0 N–H and O–H groups in total. The summed E-state index contributed by atoms with van der Waals surface area (Å²) in [5.41, 5.74) is 1.47. The van der Waals surface area contributed by atoms with E-state index in [1.165, 1.54) is 38.0 Å². The lowest BCUT2D eigenvalue weighted by Gasteiger charge is -2.37. The molecule has 0 amide bonds. The molecular formula is C12H18IN. The molecule has 1 aliphatic rings. The molecule has 14 heavy (non-hydrogen) atoms. The van der Waals surface area contributed by atoms with Crippen LogP contribution in [0.5, 0.6) is 0 Å². The summed E-state index contributed by atoms with van der Waals surface area (Å²) < 4.78 is 1.14. The number of hydrogen-bond acceptors (Lipinski definition) is 0. The third-order valence-electron chi connectivity index (χ3n) is 3.18. The summed E-state index contributed by atoms with van der Waals surface area (Å²) >= 11 is 0. The molecule has 1 aliphatic heterocycles. The van der Waals surface area contributed by atoms with Crippen LogP contribution in [0.15, 0.2) is 30.3 Å². The molecule has 2 heteroatoms. The first-order valence-electron chi connectivity index (χ1n) is 5.21. The Balaban J connectivity index is 0.000000980. The summed E-state index contributed by atoms with van der Waals surface area (Å²) in [5, 5.41) is 0. The maximum absolute atomic E-state index is 2.36. The second kappa shape index (κ2) is 5.12. The standard InChI is InChI=1S/C12H18N.HI/c1-13(10-6-3-7-11-13)12-8-4-2-5-9-12;/h2,4-5,8-9H,3,6-7,10-11H2,1H3;1H/q+1;/p-1. The van der Waals surface area contributed by atoms with Crippen LogP contribution in [0.1, 0.15) is 19.3 Å². The third-order valence-corrected chi connectivity index (χ3v) is 3.18. The Kier molecular flexibility index (Phi) is 4.38. The van der Waals surface area contributed by atoms with Gasteiger partial charge in [-0.05, 0) is 31.4 Å². The molecule has 0 saturated carbocycles. The normalized spacial score (nSPS) is 19.8. The SMILES string of the molecule is C[N+]1(c2ccccc2)CCCCC1.[I-]. The van der Waals surface area contributed by atoms with Crippen LogP contribution in [0.25, 0.3) is 0 Å². The van der Waals surface area contributed by atoms with E-state index in [2.05, 4.69) is 37.4 Å². The van der Waals surface area contributed by atoms with E-state index in [4.69, 9.17) is 0 Å². The van der Waals surface area contributed by atoms with E-state index in [1.54, 1.807) is 0 Å². The second-order valence-corrected chi connectivity index (χ2v) is 4.24. The summed E-state index contributed by atoms with van der Waals surface area (Å²) in [4.78, 5) is 0. The highest BCUT2D eigenvalue weighted by atomic mass is 127. The van der Waals surface area contributed by atoms with E-state index >= 15 is 0 Å². The van der Waals surface area contributed by atoms with Crippen molar-refractivity contribution < 1.29 is 24.0 Å². The Bertz CT molecular complexity index is 265. The van der Waals surface area contributed by atoms with Crippen LogP contribution >= 0.6 is 0 Å². The van der Waals surface area contributed by atoms with Crippen LogP contribution in [0, 0.1) is 0 Å². The van der Waals surface area contributed by atoms with Crippen LogP contribution in [0.3, 0.4) is 0 Å². The molecule has 78 valence electrons. The minimum Gasteiger partial charge on any atom is -1.00 e. The summed E-state index contributed by atoms with van der Waals surface area (Å²) in [6, 6.07) is 10.9. The second-order valence-electron chi connectivity index (χ2n) is 4.24. The lowest BCUT2D eigenvalue weighted by molar-refractivity contribution is -0.00000277. The minimum absolute atomic E-state index is 0. The molecule has 1 heterocycles. The summed E-state index contributed by atoms with van der Waals surface area (Å²) in [7, 11) is 2.36. The molecule has 0 aliphatic carbocycles. The van der Waals surface area contributed by atoms with Gasteiger partial charge in [-0.1, -0.05) is 18.2 Å². The van der Waals surface area contributed by atoms with Crippen molar-refractivity contribution in [1.82, 2.24) is 4.48 Å². The number of quaternary nitrogens is 1. The van der Waals surface area contributed by atoms with Gasteiger partial charge >= 0.3 is 0 Å². The van der Waals surface area contributed by atoms with Gasteiger partial charge < -0.3 is 24.0 Å². The molecule has 1 aromatic carbocycles.